The number of nitrogens with one attached hydrogen (secondary N) is 1. The Kier molecular flexibility index (Phi) is 4.51. The SMILES string of the molecule is CC(C)(CCS(=O)(=O)N1CCNC(=O)C1)C(F)(F)F. The van der Waals surface area contributed by atoms with Crippen molar-refractivity contribution in [2.75, 3.05) is 25.4 Å². The second-order valence-electron chi connectivity index (χ2n) is 5.13. The van der Waals surface area contributed by atoms with E-state index in [1.165, 1.54) is 0 Å². The Morgan fingerprint density at radius 1 is 1.32 bits per heavy atom. The quantitative estimate of drug-likeness (QED) is 0.832. The van der Waals surface area contributed by atoms with Gasteiger partial charge in [0, 0.05) is 13.1 Å². The highest BCUT2D eigenvalue weighted by Crippen LogP contribution is 2.40. The van der Waals surface area contributed by atoms with Crippen LogP contribution in [0.3, 0.4) is 0 Å². The predicted octanol–water partition coefficient (Wildman–Crippen LogP) is 0.727. The lowest BCUT2D eigenvalue weighted by Crippen LogP contribution is -2.50. The Bertz CT molecular complexity index is 445. The summed E-state index contributed by atoms with van der Waals surface area (Å²) in [5, 5.41) is 2.46. The summed E-state index contributed by atoms with van der Waals surface area (Å²) in [6.07, 6.45) is -4.99. The summed E-state index contributed by atoms with van der Waals surface area (Å²) < 4.78 is 62.6. The van der Waals surface area contributed by atoms with Crippen LogP contribution in [-0.2, 0) is 14.8 Å². The molecule has 19 heavy (non-hydrogen) atoms. The van der Waals surface area contributed by atoms with Crippen molar-refractivity contribution in [1.82, 2.24) is 9.62 Å². The maximum absolute atomic E-state index is 12.6. The number of nitrogens with zero attached hydrogens (tertiary/aromatic N) is 1. The second-order valence-corrected chi connectivity index (χ2v) is 7.22. The largest absolute Gasteiger partial charge is 0.394 e. The number of alkyl halides is 3. The molecule has 0 unspecified atom stereocenters. The van der Waals surface area contributed by atoms with Crippen molar-refractivity contribution in [2.24, 2.45) is 5.41 Å². The standard InChI is InChI=1S/C10H17F3N2O3S/c1-9(2,10(11,12)13)3-6-19(17,18)15-5-4-14-8(16)7-15/h3-7H2,1-2H3,(H,14,16). The van der Waals surface area contributed by atoms with E-state index in [1.807, 2.05) is 0 Å². The molecule has 0 aromatic carbocycles. The summed E-state index contributed by atoms with van der Waals surface area (Å²) in [7, 11) is -3.84. The molecule has 1 N–H and O–H groups in total. The maximum atomic E-state index is 12.6. The van der Waals surface area contributed by atoms with Gasteiger partial charge in [-0.25, -0.2) is 8.42 Å². The number of hydrogen-bond acceptors (Lipinski definition) is 3. The summed E-state index contributed by atoms with van der Waals surface area (Å²) in [5.41, 5.74) is -2.07. The van der Waals surface area contributed by atoms with Crippen LogP contribution in [0.4, 0.5) is 13.2 Å². The van der Waals surface area contributed by atoms with Crippen LogP contribution in [0.15, 0.2) is 0 Å². The molecule has 0 aromatic heterocycles. The van der Waals surface area contributed by atoms with Gasteiger partial charge in [0.05, 0.1) is 17.7 Å². The average Bonchev–Trinajstić information content (AvgIpc) is 2.25. The van der Waals surface area contributed by atoms with Crippen LogP contribution in [0.25, 0.3) is 0 Å². The van der Waals surface area contributed by atoms with E-state index in [9.17, 15) is 26.4 Å². The van der Waals surface area contributed by atoms with Gasteiger partial charge in [-0.1, -0.05) is 13.8 Å². The lowest BCUT2D eigenvalue weighted by atomic mass is 9.90. The minimum atomic E-state index is -4.46. The Morgan fingerprint density at radius 2 is 1.89 bits per heavy atom. The third-order valence-electron chi connectivity index (χ3n) is 3.15. The van der Waals surface area contributed by atoms with Gasteiger partial charge in [0.2, 0.25) is 15.9 Å². The first-order chi connectivity index (χ1) is 8.46. The molecule has 1 heterocycles. The first-order valence-corrected chi connectivity index (χ1v) is 7.38. The number of carbonyl (C=O) groups is 1. The van der Waals surface area contributed by atoms with Crippen LogP contribution >= 0.6 is 0 Å². The zero-order chi connectivity index (χ0) is 14.9. The van der Waals surface area contributed by atoms with E-state index in [0.29, 0.717) is 0 Å². The van der Waals surface area contributed by atoms with Crippen LogP contribution in [0.2, 0.25) is 0 Å². The van der Waals surface area contributed by atoms with E-state index in [-0.39, 0.29) is 19.6 Å². The molecule has 1 aliphatic rings. The van der Waals surface area contributed by atoms with E-state index in [0.717, 1.165) is 18.2 Å². The summed E-state index contributed by atoms with van der Waals surface area (Å²) in [6.45, 7) is 1.88. The second kappa shape index (κ2) is 5.28. The minimum Gasteiger partial charge on any atom is -0.354 e. The smallest absolute Gasteiger partial charge is 0.354 e. The van der Waals surface area contributed by atoms with Crippen molar-refractivity contribution >= 4 is 15.9 Å². The minimum absolute atomic E-state index is 0.0977. The lowest BCUT2D eigenvalue weighted by Gasteiger charge is -2.30. The van der Waals surface area contributed by atoms with Gasteiger partial charge in [0.15, 0.2) is 0 Å². The van der Waals surface area contributed by atoms with Crippen LogP contribution in [0.5, 0.6) is 0 Å². The maximum Gasteiger partial charge on any atom is 0.394 e. The van der Waals surface area contributed by atoms with Gasteiger partial charge in [-0.15, -0.1) is 0 Å². The Hall–Kier alpha value is -0.830. The van der Waals surface area contributed by atoms with Gasteiger partial charge >= 0.3 is 6.18 Å². The molecule has 1 saturated heterocycles. The third kappa shape index (κ3) is 4.07. The molecule has 1 rings (SSSR count). The van der Waals surface area contributed by atoms with Crippen molar-refractivity contribution in [3.63, 3.8) is 0 Å². The highest BCUT2D eigenvalue weighted by Gasteiger charge is 2.47. The van der Waals surface area contributed by atoms with Crippen molar-refractivity contribution in [3.8, 4) is 0 Å². The first kappa shape index (κ1) is 16.2. The summed E-state index contributed by atoms with van der Waals surface area (Å²) >= 11 is 0. The number of halogens is 3. The van der Waals surface area contributed by atoms with Crippen molar-refractivity contribution in [2.45, 2.75) is 26.4 Å². The molecule has 1 fully saturated rings. The highest BCUT2D eigenvalue weighted by atomic mass is 32.2. The Morgan fingerprint density at radius 3 is 2.37 bits per heavy atom. The molecule has 0 spiro atoms. The molecule has 0 aliphatic carbocycles. The predicted molar refractivity (Wildman–Crippen MR) is 62.8 cm³/mol. The van der Waals surface area contributed by atoms with E-state index in [2.05, 4.69) is 5.32 Å². The van der Waals surface area contributed by atoms with E-state index >= 15 is 0 Å². The van der Waals surface area contributed by atoms with Crippen molar-refractivity contribution < 1.29 is 26.4 Å². The number of carbonyl (C=O) groups excluding carboxylic acids is 1. The van der Waals surface area contributed by atoms with Gasteiger partial charge < -0.3 is 5.32 Å². The number of amides is 1. The average molecular weight is 302 g/mol. The zero-order valence-corrected chi connectivity index (χ0v) is 11.6. The van der Waals surface area contributed by atoms with Gasteiger partial charge in [0.25, 0.3) is 0 Å². The first-order valence-electron chi connectivity index (χ1n) is 5.77. The van der Waals surface area contributed by atoms with Crippen LogP contribution in [0, 0.1) is 5.41 Å². The molecule has 9 heteroatoms. The Balaban J connectivity index is 2.68. The summed E-state index contributed by atoms with van der Waals surface area (Å²) in [5.74, 6) is -1.06. The number of rotatable bonds is 4. The van der Waals surface area contributed by atoms with Crippen molar-refractivity contribution in [1.29, 1.82) is 0 Å². The van der Waals surface area contributed by atoms with Crippen molar-refractivity contribution in [3.05, 3.63) is 0 Å². The fourth-order valence-electron chi connectivity index (χ4n) is 1.51. The third-order valence-corrected chi connectivity index (χ3v) is 4.97. The summed E-state index contributed by atoms with van der Waals surface area (Å²) in [4.78, 5) is 11.1. The molecule has 1 amide bonds. The van der Waals surface area contributed by atoms with Gasteiger partial charge in [-0.3, -0.25) is 4.79 Å². The van der Waals surface area contributed by atoms with Gasteiger partial charge in [-0.05, 0) is 6.42 Å². The molecule has 0 radical (unpaired) electrons. The molecule has 0 saturated carbocycles. The van der Waals surface area contributed by atoms with E-state index in [4.69, 9.17) is 0 Å². The summed E-state index contributed by atoms with van der Waals surface area (Å²) in [6, 6.07) is 0. The zero-order valence-electron chi connectivity index (χ0n) is 10.7. The topological polar surface area (TPSA) is 66.5 Å². The normalized spacial score (nSPS) is 19.3. The molecule has 0 atom stereocenters. The molecule has 5 nitrogen and oxygen atoms in total. The number of hydrogen-bond donors (Lipinski definition) is 1. The Labute approximate surface area is 110 Å². The highest BCUT2D eigenvalue weighted by molar-refractivity contribution is 7.89. The fourth-order valence-corrected chi connectivity index (χ4v) is 3.22. The number of sulfonamides is 1. The lowest BCUT2D eigenvalue weighted by molar-refractivity contribution is -0.212. The van der Waals surface area contributed by atoms with E-state index < -0.39 is 39.7 Å². The molecular weight excluding hydrogens is 285 g/mol. The molecular formula is C10H17F3N2O3S. The molecule has 0 aromatic rings. The van der Waals surface area contributed by atoms with Gasteiger partial charge in [-0.2, -0.15) is 17.5 Å². The van der Waals surface area contributed by atoms with Crippen LogP contribution in [0.1, 0.15) is 20.3 Å². The van der Waals surface area contributed by atoms with Crippen LogP contribution < -0.4 is 5.32 Å². The fraction of sp³-hybridized carbons (Fsp3) is 0.900. The number of piperazine rings is 1. The molecule has 112 valence electrons. The molecule has 0 bridgehead atoms. The van der Waals surface area contributed by atoms with Crippen LogP contribution in [-0.4, -0.2) is 50.2 Å². The monoisotopic (exact) mass is 302 g/mol. The van der Waals surface area contributed by atoms with E-state index in [1.54, 1.807) is 0 Å². The van der Waals surface area contributed by atoms with Gasteiger partial charge in [0.1, 0.15) is 0 Å². The molecule has 1 aliphatic heterocycles.